The molecule has 1 aliphatic heterocycles. The number of piperidine rings is 1. The Labute approximate surface area is 284 Å². The minimum atomic E-state index is -0.397. The molecular weight excluding hydrogens is 618 g/mol. The molecule has 2 amide bonds. The molecule has 2 aromatic carbocycles. The molecule has 252 valence electrons. The van der Waals surface area contributed by atoms with Crippen molar-refractivity contribution in [3.63, 3.8) is 0 Å². The number of primary amides is 1. The van der Waals surface area contributed by atoms with Gasteiger partial charge in [0.05, 0.1) is 24.0 Å². The van der Waals surface area contributed by atoms with Gasteiger partial charge in [0.2, 0.25) is 5.91 Å². The first kappa shape index (κ1) is 31.3. The number of nitrogens with zero attached hydrogens (tertiary/aromatic N) is 5. The summed E-state index contributed by atoms with van der Waals surface area (Å²) in [6.45, 7) is 1.53. The van der Waals surface area contributed by atoms with Gasteiger partial charge in [-0.05, 0) is 74.3 Å². The van der Waals surface area contributed by atoms with Crippen LogP contribution in [-0.2, 0) is 18.4 Å². The van der Waals surface area contributed by atoms with Crippen LogP contribution in [0.25, 0.3) is 44.8 Å². The number of hydrogen-bond donors (Lipinski definition) is 2. The Balaban J connectivity index is 1.14. The van der Waals surface area contributed by atoms with Crippen molar-refractivity contribution in [2.75, 3.05) is 13.7 Å². The van der Waals surface area contributed by atoms with Gasteiger partial charge in [0.1, 0.15) is 16.9 Å². The number of hydrogen-bond acceptors (Lipinski definition) is 7. The molecule has 11 nitrogen and oxygen atoms in total. The van der Waals surface area contributed by atoms with Gasteiger partial charge in [-0.15, -0.1) is 0 Å². The van der Waals surface area contributed by atoms with Gasteiger partial charge in [-0.3, -0.25) is 14.4 Å². The van der Waals surface area contributed by atoms with Crippen LogP contribution >= 0.6 is 0 Å². The highest BCUT2D eigenvalue weighted by Gasteiger charge is 2.47. The largest absolute Gasteiger partial charge is 0.494 e. The number of ketones is 1. The van der Waals surface area contributed by atoms with Crippen molar-refractivity contribution in [2.45, 2.75) is 63.6 Å². The number of ether oxygens (including phenoxy) is 1. The summed E-state index contributed by atoms with van der Waals surface area (Å²) in [5.74, 6) is 1.91. The number of imidazole rings is 1. The van der Waals surface area contributed by atoms with Crippen LogP contribution in [0.2, 0.25) is 0 Å². The lowest BCUT2D eigenvalue weighted by atomic mass is 10.0. The topological polar surface area (TPSA) is 151 Å². The van der Waals surface area contributed by atoms with E-state index in [0.717, 1.165) is 58.7 Å². The average Bonchev–Trinajstić information content (AvgIpc) is 3.51. The summed E-state index contributed by atoms with van der Waals surface area (Å²) < 4.78 is 10.2. The van der Waals surface area contributed by atoms with Gasteiger partial charge in [-0.1, -0.05) is 24.3 Å². The Hall–Kier alpha value is -5.03. The number of pyridine rings is 1. The van der Waals surface area contributed by atoms with E-state index in [0.29, 0.717) is 47.2 Å². The fourth-order valence-corrected chi connectivity index (χ4v) is 7.88. The zero-order valence-electron chi connectivity index (χ0n) is 27.9. The molecular formula is C38H41N7O4. The molecule has 4 heterocycles. The predicted octanol–water partition coefficient (Wildman–Crippen LogP) is 5.08. The van der Waals surface area contributed by atoms with Crippen LogP contribution in [0.1, 0.15) is 65.7 Å². The maximum atomic E-state index is 13.8. The van der Waals surface area contributed by atoms with E-state index in [1.165, 1.54) is 12.8 Å². The summed E-state index contributed by atoms with van der Waals surface area (Å²) in [5, 5.41) is 1.01. The second-order valence-electron chi connectivity index (χ2n) is 14.0. The molecule has 2 unspecified atom stereocenters. The average molecular weight is 660 g/mol. The number of benzene rings is 2. The number of carbonyl (C=O) groups excluding carboxylic acids is 3. The number of methoxy groups -OCH3 is 1. The summed E-state index contributed by atoms with van der Waals surface area (Å²) in [6, 6.07) is 17.6. The van der Waals surface area contributed by atoms with E-state index in [2.05, 4.69) is 16.7 Å². The second kappa shape index (κ2) is 12.1. The van der Waals surface area contributed by atoms with Crippen molar-refractivity contribution >= 4 is 39.7 Å². The summed E-state index contributed by atoms with van der Waals surface area (Å²) in [5.41, 5.74) is 17.9. The molecule has 2 bridgehead atoms. The van der Waals surface area contributed by atoms with Gasteiger partial charge < -0.3 is 30.2 Å². The third kappa shape index (κ3) is 5.55. The number of carbonyl (C=O) groups is 3. The minimum Gasteiger partial charge on any atom is -0.494 e. The maximum Gasteiger partial charge on any atom is 0.254 e. The predicted molar refractivity (Wildman–Crippen MR) is 187 cm³/mol. The Morgan fingerprint density at radius 2 is 1.73 bits per heavy atom. The summed E-state index contributed by atoms with van der Waals surface area (Å²) in [4.78, 5) is 49.6. The Morgan fingerprint density at radius 3 is 2.41 bits per heavy atom. The van der Waals surface area contributed by atoms with E-state index in [-0.39, 0.29) is 36.6 Å². The fraction of sp³-hybridized carbons (Fsp3) is 0.395. The molecule has 2 saturated carbocycles. The standard InChI is InChI=1S/C38H41N7O4/c1-43-35-28(16-26(18-32(35)49-2)38(48)45-20-25-13-15-29(45)34(25)40)42-37(43)30-17-24-12-14-27(41-36(24)44(30)19-21-6-7-21)22-8-10-23(11-9-22)31(46)4-3-5-33(39)47/h8-12,14,16-18,21,25,29,34H,3-7,13,15,19-20,40H2,1-2H3,(H2,39,47)/t25?,29?,34-/m1/s1. The first-order chi connectivity index (χ1) is 23.7. The van der Waals surface area contributed by atoms with Gasteiger partial charge in [-0.2, -0.15) is 0 Å². The first-order valence-corrected chi connectivity index (χ1v) is 17.2. The van der Waals surface area contributed by atoms with E-state index in [1.54, 1.807) is 7.11 Å². The fourth-order valence-electron chi connectivity index (χ4n) is 7.88. The molecule has 0 radical (unpaired) electrons. The zero-order chi connectivity index (χ0) is 34.0. The normalized spacial score (nSPS) is 20.1. The number of rotatable bonds is 11. The van der Waals surface area contributed by atoms with Crippen LogP contribution in [0.3, 0.4) is 0 Å². The molecule has 11 heteroatoms. The van der Waals surface area contributed by atoms with E-state index in [9.17, 15) is 14.4 Å². The second-order valence-corrected chi connectivity index (χ2v) is 14.0. The van der Waals surface area contributed by atoms with Crippen LogP contribution in [0, 0.1) is 11.8 Å². The highest BCUT2D eigenvalue weighted by molar-refractivity contribution is 6.01. The van der Waals surface area contributed by atoms with E-state index in [1.807, 2.05) is 59.0 Å². The van der Waals surface area contributed by atoms with Crippen LogP contribution in [0.15, 0.2) is 54.6 Å². The molecule has 3 aliphatic rings. The van der Waals surface area contributed by atoms with E-state index >= 15 is 0 Å². The Bertz CT molecular complexity index is 2130. The molecule has 2 aliphatic carbocycles. The van der Waals surface area contributed by atoms with Crippen LogP contribution in [0.4, 0.5) is 0 Å². The van der Waals surface area contributed by atoms with Crippen molar-refractivity contribution in [2.24, 2.45) is 30.4 Å². The van der Waals surface area contributed by atoms with Crippen molar-refractivity contribution in [3.8, 4) is 28.5 Å². The summed E-state index contributed by atoms with van der Waals surface area (Å²) >= 11 is 0. The summed E-state index contributed by atoms with van der Waals surface area (Å²) in [7, 11) is 3.62. The molecule has 8 rings (SSSR count). The SMILES string of the molecule is COc1cc(C(=O)N2CC3CCC2[C@@H]3N)cc2nc(-c3cc4ccc(-c5ccc(C(=O)CCCC(N)=O)cc5)nc4n3CC3CC3)n(C)c12. The highest BCUT2D eigenvalue weighted by atomic mass is 16.5. The number of aryl methyl sites for hydroxylation is 1. The molecule has 4 N–H and O–H groups in total. The summed E-state index contributed by atoms with van der Waals surface area (Å²) in [6.07, 6.45) is 5.32. The van der Waals surface area contributed by atoms with Gasteiger partial charge in [0.25, 0.3) is 5.91 Å². The van der Waals surface area contributed by atoms with Gasteiger partial charge in [-0.25, -0.2) is 9.97 Å². The molecule has 3 aromatic heterocycles. The number of fused-ring (bicyclic) bond motifs is 4. The third-order valence-electron chi connectivity index (χ3n) is 10.8. The van der Waals surface area contributed by atoms with Crippen LogP contribution in [-0.4, -0.2) is 67.3 Å². The van der Waals surface area contributed by atoms with Crippen molar-refractivity contribution in [1.29, 1.82) is 0 Å². The van der Waals surface area contributed by atoms with Gasteiger partial charge in [0.15, 0.2) is 11.6 Å². The molecule has 3 fully saturated rings. The zero-order valence-corrected chi connectivity index (χ0v) is 27.9. The maximum absolute atomic E-state index is 13.8. The number of Topliss-reactive ketones (excluding diaryl/α,β-unsaturated/α-hetero) is 1. The van der Waals surface area contributed by atoms with Crippen LogP contribution in [0.5, 0.6) is 5.75 Å². The monoisotopic (exact) mass is 659 g/mol. The number of nitrogens with two attached hydrogens (primary N) is 2. The van der Waals surface area contributed by atoms with E-state index in [4.69, 9.17) is 26.2 Å². The van der Waals surface area contributed by atoms with Crippen molar-refractivity contribution in [3.05, 3.63) is 65.7 Å². The number of likely N-dealkylation sites (tertiary alicyclic amines) is 1. The molecule has 49 heavy (non-hydrogen) atoms. The Kier molecular flexibility index (Phi) is 7.74. The lowest BCUT2D eigenvalue weighted by Crippen LogP contribution is -2.41. The van der Waals surface area contributed by atoms with Gasteiger partial charge in [0, 0.05) is 67.1 Å². The third-order valence-corrected chi connectivity index (χ3v) is 10.8. The molecule has 3 atom stereocenters. The molecule has 0 spiro atoms. The molecule has 5 aromatic rings. The highest BCUT2D eigenvalue weighted by Crippen LogP contribution is 2.40. The lowest BCUT2D eigenvalue weighted by molar-refractivity contribution is -0.118. The first-order valence-electron chi connectivity index (χ1n) is 17.2. The lowest BCUT2D eigenvalue weighted by Gasteiger charge is -2.27. The van der Waals surface area contributed by atoms with Gasteiger partial charge >= 0.3 is 0 Å². The molecule has 1 saturated heterocycles. The van der Waals surface area contributed by atoms with E-state index < -0.39 is 5.91 Å². The smallest absolute Gasteiger partial charge is 0.254 e. The van der Waals surface area contributed by atoms with Crippen LogP contribution < -0.4 is 16.2 Å². The van der Waals surface area contributed by atoms with Crippen molar-refractivity contribution in [1.82, 2.24) is 24.0 Å². The number of aromatic nitrogens is 4. The Morgan fingerprint density at radius 1 is 0.939 bits per heavy atom. The quantitative estimate of drug-likeness (QED) is 0.188. The van der Waals surface area contributed by atoms with Crippen molar-refractivity contribution < 1.29 is 19.1 Å². The minimum absolute atomic E-state index is 0.0121. The number of amides is 2.